The van der Waals surface area contributed by atoms with E-state index in [1.807, 2.05) is 22.7 Å². The molecule has 0 amide bonds. The summed E-state index contributed by atoms with van der Waals surface area (Å²) in [6, 6.07) is 3.85. The predicted molar refractivity (Wildman–Crippen MR) is 110 cm³/mol. The molecule has 1 N–H and O–H groups in total. The van der Waals surface area contributed by atoms with Crippen molar-refractivity contribution in [2.45, 2.75) is 45.3 Å². The number of hydrogen-bond donors (Lipinski definition) is 1. The van der Waals surface area contributed by atoms with Crippen molar-refractivity contribution in [1.29, 1.82) is 0 Å². The fraction of sp³-hybridized carbons (Fsp3) is 0.409. The first-order chi connectivity index (χ1) is 14.3. The van der Waals surface area contributed by atoms with Crippen LogP contribution in [0.25, 0.3) is 11.3 Å². The molecule has 0 atom stereocenters. The normalized spacial score (nSPS) is 16.3. The van der Waals surface area contributed by atoms with Crippen LogP contribution in [0.5, 0.6) is 0 Å². The van der Waals surface area contributed by atoms with E-state index in [2.05, 4.69) is 23.9 Å². The largest absolute Gasteiger partial charge is 0.385 e. The number of hydrogen-bond acceptors (Lipinski definition) is 5. The minimum Gasteiger partial charge on any atom is -0.385 e. The molecule has 1 aliphatic rings. The summed E-state index contributed by atoms with van der Waals surface area (Å²) in [6.07, 6.45) is 6.17. The summed E-state index contributed by atoms with van der Waals surface area (Å²) in [7, 11) is 0. The van der Waals surface area contributed by atoms with Gasteiger partial charge in [0.05, 0.1) is 29.4 Å². The average molecular weight is 413 g/mol. The summed E-state index contributed by atoms with van der Waals surface area (Å²) >= 11 is 0. The van der Waals surface area contributed by atoms with E-state index >= 15 is 0 Å². The summed E-state index contributed by atoms with van der Waals surface area (Å²) in [5.74, 6) is -1.14. The van der Waals surface area contributed by atoms with Crippen LogP contribution >= 0.6 is 0 Å². The molecule has 0 aliphatic carbocycles. The van der Waals surface area contributed by atoms with Gasteiger partial charge in [0.2, 0.25) is 0 Å². The van der Waals surface area contributed by atoms with Gasteiger partial charge in [0.25, 0.3) is 0 Å². The monoisotopic (exact) mass is 413 g/mol. The predicted octanol–water partition coefficient (Wildman–Crippen LogP) is 4.00. The van der Waals surface area contributed by atoms with E-state index in [-0.39, 0.29) is 6.04 Å². The summed E-state index contributed by atoms with van der Waals surface area (Å²) in [6.45, 7) is 7.14. The van der Waals surface area contributed by atoms with Crippen LogP contribution in [0.2, 0.25) is 0 Å². The molecule has 0 unspecified atom stereocenters. The highest BCUT2D eigenvalue weighted by atomic mass is 19.2. The molecule has 0 bridgehead atoms. The van der Waals surface area contributed by atoms with Crippen LogP contribution in [-0.2, 0) is 5.60 Å². The second kappa shape index (κ2) is 7.75. The van der Waals surface area contributed by atoms with Gasteiger partial charge in [-0.15, -0.1) is 0 Å². The number of aliphatic hydroxyl groups is 1. The standard InChI is InChI=1S/C22H25F2N5O/c1-14(2)29-13-17(15(3)27-29)20-11-25-12-21(26-20)28-8-6-22(30,7-9-28)16-4-5-18(23)19(24)10-16/h4-5,10-14,30H,6-9H2,1-3H3. The van der Waals surface area contributed by atoms with Crippen molar-refractivity contribution in [3.63, 3.8) is 0 Å². The highest BCUT2D eigenvalue weighted by molar-refractivity contribution is 5.62. The number of aromatic nitrogens is 4. The second-order valence-electron chi connectivity index (χ2n) is 8.11. The van der Waals surface area contributed by atoms with Gasteiger partial charge >= 0.3 is 0 Å². The number of benzene rings is 1. The van der Waals surface area contributed by atoms with E-state index < -0.39 is 17.2 Å². The maximum absolute atomic E-state index is 13.6. The third-order valence-corrected chi connectivity index (χ3v) is 5.72. The molecule has 158 valence electrons. The van der Waals surface area contributed by atoms with Gasteiger partial charge in [-0.3, -0.25) is 9.67 Å². The summed E-state index contributed by atoms with van der Waals surface area (Å²) < 4.78 is 28.8. The van der Waals surface area contributed by atoms with Crippen molar-refractivity contribution in [2.24, 2.45) is 0 Å². The number of piperidine rings is 1. The molecule has 0 saturated carbocycles. The van der Waals surface area contributed by atoms with E-state index in [1.165, 1.54) is 6.07 Å². The minimum absolute atomic E-state index is 0.254. The first-order valence-corrected chi connectivity index (χ1v) is 10.1. The lowest BCUT2D eigenvalue weighted by molar-refractivity contribution is 0.0113. The van der Waals surface area contributed by atoms with Gasteiger partial charge in [-0.05, 0) is 51.3 Å². The zero-order valence-corrected chi connectivity index (χ0v) is 17.3. The van der Waals surface area contributed by atoms with Crippen molar-refractivity contribution in [3.05, 3.63) is 59.7 Å². The Morgan fingerprint density at radius 3 is 2.47 bits per heavy atom. The molecule has 1 aliphatic heterocycles. The molecule has 3 heterocycles. The van der Waals surface area contributed by atoms with Crippen LogP contribution in [0, 0.1) is 18.6 Å². The Balaban J connectivity index is 1.53. The van der Waals surface area contributed by atoms with Crippen LogP contribution in [0.15, 0.2) is 36.8 Å². The zero-order valence-electron chi connectivity index (χ0n) is 17.3. The molecule has 1 aromatic carbocycles. The molecule has 0 spiro atoms. The smallest absolute Gasteiger partial charge is 0.159 e. The fourth-order valence-electron chi connectivity index (χ4n) is 3.82. The molecule has 4 rings (SSSR count). The third-order valence-electron chi connectivity index (χ3n) is 5.72. The number of anilines is 1. The highest BCUT2D eigenvalue weighted by Crippen LogP contribution is 2.35. The molecule has 3 aromatic rings. The van der Waals surface area contributed by atoms with E-state index in [1.54, 1.807) is 12.4 Å². The van der Waals surface area contributed by atoms with Crippen molar-refractivity contribution in [1.82, 2.24) is 19.7 Å². The van der Waals surface area contributed by atoms with E-state index in [0.717, 1.165) is 34.9 Å². The summed E-state index contributed by atoms with van der Waals surface area (Å²) in [5.41, 5.74) is 1.79. The Hall–Kier alpha value is -2.87. The molecular formula is C22H25F2N5O. The average Bonchev–Trinajstić information content (AvgIpc) is 3.13. The first kappa shape index (κ1) is 20.4. The van der Waals surface area contributed by atoms with Crippen LogP contribution in [0.4, 0.5) is 14.6 Å². The molecular weight excluding hydrogens is 388 g/mol. The van der Waals surface area contributed by atoms with Gasteiger partial charge in [0.1, 0.15) is 5.82 Å². The van der Waals surface area contributed by atoms with Gasteiger partial charge in [0.15, 0.2) is 11.6 Å². The van der Waals surface area contributed by atoms with Crippen molar-refractivity contribution < 1.29 is 13.9 Å². The lowest BCUT2D eigenvalue weighted by Crippen LogP contribution is -2.43. The maximum atomic E-state index is 13.6. The zero-order chi connectivity index (χ0) is 21.5. The van der Waals surface area contributed by atoms with Crippen LogP contribution in [0.3, 0.4) is 0 Å². The molecule has 30 heavy (non-hydrogen) atoms. The first-order valence-electron chi connectivity index (χ1n) is 10.1. The Kier molecular flexibility index (Phi) is 5.27. The van der Waals surface area contributed by atoms with Gasteiger partial charge in [-0.2, -0.15) is 5.10 Å². The molecule has 1 fully saturated rings. The van der Waals surface area contributed by atoms with Crippen molar-refractivity contribution in [2.75, 3.05) is 18.0 Å². The maximum Gasteiger partial charge on any atom is 0.159 e. The van der Waals surface area contributed by atoms with Gasteiger partial charge in [0, 0.05) is 30.9 Å². The van der Waals surface area contributed by atoms with Gasteiger partial charge in [-0.1, -0.05) is 6.07 Å². The summed E-state index contributed by atoms with van der Waals surface area (Å²) in [4.78, 5) is 11.2. The third kappa shape index (κ3) is 3.79. The van der Waals surface area contributed by atoms with Crippen molar-refractivity contribution in [3.8, 4) is 11.3 Å². The van der Waals surface area contributed by atoms with Crippen molar-refractivity contribution >= 4 is 5.82 Å². The number of rotatable bonds is 4. The number of aryl methyl sites for hydroxylation is 1. The molecule has 8 heteroatoms. The fourth-order valence-corrected chi connectivity index (χ4v) is 3.82. The Morgan fingerprint density at radius 1 is 1.10 bits per heavy atom. The molecule has 6 nitrogen and oxygen atoms in total. The number of halogens is 2. The van der Waals surface area contributed by atoms with Crippen LogP contribution < -0.4 is 4.90 Å². The molecule has 1 saturated heterocycles. The van der Waals surface area contributed by atoms with Crippen LogP contribution in [-0.4, -0.2) is 37.9 Å². The quantitative estimate of drug-likeness (QED) is 0.700. The number of nitrogens with zero attached hydrogens (tertiary/aromatic N) is 5. The molecule has 2 aromatic heterocycles. The van der Waals surface area contributed by atoms with Crippen LogP contribution in [0.1, 0.15) is 44.0 Å². The van der Waals surface area contributed by atoms with E-state index in [9.17, 15) is 13.9 Å². The van der Waals surface area contributed by atoms with Gasteiger partial charge in [-0.25, -0.2) is 13.8 Å². The Morgan fingerprint density at radius 2 is 1.83 bits per heavy atom. The Bertz CT molecular complexity index is 1060. The minimum atomic E-state index is -1.19. The lowest BCUT2D eigenvalue weighted by Gasteiger charge is -2.39. The lowest BCUT2D eigenvalue weighted by atomic mass is 9.84. The van der Waals surface area contributed by atoms with E-state index in [0.29, 0.717) is 31.5 Å². The topological polar surface area (TPSA) is 67.1 Å². The van der Waals surface area contributed by atoms with Gasteiger partial charge < -0.3 is 10.0 Å². The highest BCUT2D eigenvalue weighted by Gasteiger charge is 2.35. The molecule has 0 radical (unpaired) electrons. The second-order valence-corrected chi connectivity index (χ2v) is 8.11. The van der Waals surface area contributed by atoms with E-state index in [4.69, 9.17) is 4.98 Å². The summed E-state index contributed by atoms with van der Waals surface area (Å²) in [5, 5.41) is 15.5. The Labute approximate surface area is 174 Å². The SMILES string of the molecule is Cc1nn(C(C)C)cc1-c1cncc(N2CCC(O)(c3ccc(F)c(F)c3)CC2)n1.